The van der Waals surface area contributed by atoms with Gasteiger partial charge in [-0.1, -0.05) is 32.6 Å². The second kappa shape index (κ2) is 5.32. The number of rotatable bonds is 4. The maximum atomic E-state index is 5.32. The normalized spacial score (nSPS) is 13.1. The van der Waals surface area contributed by atoms with Crippen LogP contribution >= 0.6 is 0 Å². The number of nitrogens with one attached hydrogen (secondary N) is 1. The maximum Gasteiger partial charge on any atom is 0.0712 e. The zero-order chi connectivity index (χ0) is 7.98. The molecule has 0 heterocycles. The van der Waals surface area contributed by atoms with Crippen molar-refractivity contribution in [2.24, 2.45) is 5.92 Å². The smallest absolute Gasteiger partial charge is 0.0712 e. The lowest BCUT2D eigenvalue weighted by Gasteiger charge is -2.18. The Morgan fingerprint density at radius 1 is 1.40 bits per heavy atom. The Hall–Kier alpha value is -0.480. The van der Waals surface area contributed by atoms with Crippen LogP contribution < -0.4 is 5.32 Å². The molecule has 0 spiro atoms. The van der Waals surface area contributed by atoms with Gasteiger partial charge in [0.25, 0.3) is 0 Å². The zero-order valence-corrected chi connectivity index (χ0v) is 7.15. The van der Waals surface area contributed by atoms with Gasteiger partial charge in [0.15, 0.2) is 0 Å². The van der Waals surface area contributed by atoms with Crippen LogP contribution in [0.25, 0.3) is 0 Å². The van der Waals surface area contributed by atoms with E-state index in [4.69, 9.17) is 6.42 Å². The van der Waals surface area contributed by atoms with Crippen LogP contribution in [0.1, 0.15) is 26.7 Å². The second-order valence-corrected chi connectivity index (χ2v) is 2.51. The van der Waals surface area contributed by atoms with Crippen molar-refractivity contribution in [2.75, 3.05) is 7.05 Å². The first-order valence-corrected chi connectivity index (χ1v) is 3.93. The molecule has 10 heavy (non-hydrogen) atoms. The molecule has 1 unspecified atom stereocenters. The molecule has 58 valence electrons. The monoisotopic (exact) mass is 139 g/mol. The third-order valence-corrected chi connectivity index (χ3v) is 2.01. The Morgan fingerprint density at radius 2 is 1.90 bits per heavy atom. The van der Waals surface area contributed by atoms with Crippen LogP contribution in [0.2, 0.25) is 0 Å². The van der Waals surface area contributed by atoms with E-state index in [2.05, 4.69) is 25.1 Å². The molecule has 0 radical (unpaired) electrons. The Kier molecular flexibility index (Phi) is 5.06. The quantitative estimate of drug-likeness (QED) is 0.584. The minimum atomic E-state index is 0.259. The molecule has 1 heteroatoms. The molecule has 0 aliphatic rings. The van der Waals surface area contributed by atoms with Crippen molar-refractivity contribution in [1.29, 1.82) is 0 Å². The molecule has 0 amide bonds. The Morgan fingerprint density at radius 3 is 2.00 bits per heavy atom. The molecule has 0 aromatic rings. The first-order valence-electron chi connectivity index (χ1n) is 3.93. The third-order valence-electron chi connectivity index (χ3n) is 2.01. The highest BCUT2D eigenvalue weighted by molar-refractivity contribution is 5.00. The summed E-state index contributed by atoms with van der Waals surface area (Å²) in [6, 6.07) is 0.259. The first kappa shape index (κ1) is 9.52. The summed E-state index contributed by atoms with van der Waals surface area (Å²) in [5.41, 5.74) is 0. The summed E-state index contributed by atoms with van der Waals surface area (Å²) < 4.78 is 0. The SMILES string of the molecule is C#CC(NC)C(CC)CC. The molecular weight excluding hydrogens is 122 g/mol. The van der Waals surface area contributed by atoms with Gasteiger partial charge in [0.1, 0.15) is 0 Å². The molecule has 0 aromatic carbocycles. The van der Waals surface area contributed by atoms with Crippen LogP contribution in [0, 0.1) is 18.3 Å². The second-order valence-electron chi connectivity index (χ2n) is 2.51. The van der Waals surface area contributed by atoms with E-state index in [1.165, 1.54) is 0 Å². The van der Waals surface area contributed by atoms with E-state index in [1.807, 2.05) is 7.05 Å². The Bertz CT molecular complexity index is 108. The highest BCUT2D eigenvalue weighted by atomic mass is 14.9. The summed E-state index contributed by atoms with van der Waals surface area (Å²) in [6.45, 7) is 4.35. The topological polar surface area (TPSA) is 12.0 Å². The summed E-state index contributed by atoms with van der Waals surface area (Å²) in [5.74, 6) is 3.38. The molecule has 0 rings (SSSR count). The number of hydrogen-bond donors (Lipinski definition) is 1. The van der Waals surface area contributed by atoms with Gasteiger partial charge in [-0.15, -0.1) is 6.42 Å². The fraction of sp³-hybridized carbons (Fsp3) is 0.778. The summed E-state index contributed by atoms with van der Waals surface area (Å²) >= 11 is 0. The fourth-order valence-corrected chi connectivity index (χ4v) is 1.22. The lowest BCUT2D eigenvalue weighted by atomic mass is 9.95. The van der Waals surface area contributed by atoms with Crippen LogP contribution in [-0.4, -0.2) is 13.1 Å². The van der Waals surface area contributed by atoms with E-state index in [-0.39, 0.29) is 6.04 Å². The van der Waals surface area contributed by atoms with Crippen molar-refractivity contribution >= 4 is 0 Å². The average Bonchev–Trinajstić information content (AvgIpc) is 2.00. The summed E-state index contributed by atoms with van der Waals surface area (Å²) in [4.78, 5) is 0. The third kappa shape index (κ3) is 2.41. The largest absolute Gasteiger partial charge is 0.307 e. The van der Waals surface area contributed by atoms with E-state index < -0.39 is 0 Å². The lowest BCUT2D eigenvalue weighted by molar-refractivity contribution is 0.412. The van der Waals surface area contributed by atoms with Gasteiger partial charge in [-0.3, -0.25) is 0 Å². The van der Waals surface area contributed by atoms with Crippen LogP contribution in [0.15, 0.2) is 0 Å². The standard InChI is InChI=1S/C9H17N/c1-5-8(6-2)9(7-3)10-4/h3,8-10H,5-6H2,1-2,4H3. The van der Waals surface area contributed by atoms with E-state index in [0.29, 0.717) is 5.92 Å². The molecule has 0 aliphatic heterocycles. The fourth-order valence-electron chi connectivity index (χ4n) is 1.22. The van der Waals surface area contributed by atoms with Gasteiger partial charge in [-0.25, -0.2) is 0 Å². The predicted molar refractivity (Wildman–Crippen MR) is 45.8 cm³/mol. The molecule has 0 saturated heterocycles. The van der Waals surface area contributed by atoms with Crippen molar-refractivity contribution < 1.29 is 0 Å². The molecule has 1 atom stereocenters. The van der Waals surface area contributed by atoms with E-state index in [0.717, 1.165) is 12.8 Å². The van der Waals surface area contributed by atoms with Gasteiger partial charge < -0.3 is 5.32 Å². The van der Waals surface area contributed by atoms with Crippen LogP contribution in [0.5, 0.6) is 0 Å². The highest BCUT2D eigenvalue weighted by Gasteiger charge is 2.12. The lowest BCUT2D eigenvalue weighted by Crippen LogP contribution is -2.31. The number of terminal acetylenes is 1. The zero-order valence-electron chi connectivity index (χ0n) is 7.15. The molecule has 0 aliphatic carbocycles. The van der Waals surface area contributed by atoms with Gasteiger partial charge in [-0.05, 0) is 13.0 Å². The molecule has 1 N–H and O–H groups in total. The Labute approximate surface area is 64.2 Å². The van der Waals surface area contributed by atoms with Crippen LogP contribution in [-0.2, 0) is 0 Å². The van der Waals surface area contributed by atoms with Gasteiger partial charge in [-0.2, -0.15) is 0 Å². The first-order chi connectivity index (χ1) is 4.79. The van der Waals surface area contributed by atoms with Crippen molar-refractivity contribution in [3.8, 4) is 12.3 Å². The minimum Gasteiger partial charge on any atom is -0.307 e. The van der Waals surface area contributed by atoms with Gasteiger partial charge >= 0.3 is 0 Å². The molecule has 0 bridgehead atoms. The Balaban J connectivity index is 3.85. The van der Waals surface area contributed by atoms with E-state index >= 15 is 0 Å². The van der Waals surface area contributed by atoms with E-state index in [9.17, 15) is 0 Å². The number of hydrogen-bond acceptors (Lipinski definition) is 1. The predicted octanol–water partition coefficient (Wildman–Crippen LogP) is 1.64. The molecule has 1 nitrogen and oxygen atoms in total. The van der Waals surface area contributed by atoms with Gasteiger partial charge in [0.05, 0.1) is 6.04 Å². The van der Waals surface area contributed by atoms with Crippen molar-refractivity contribution in [1.82, 2.24) is 5.32 Å². The molecule has 0 saturated carbocycles. The van der Waals surface area contributed by atoms with E-state index in [1.54, 1.807) is 0 Å². The van der Waals surface area contributed by atoms with Gasteiger partial charge in [0.2, 0.25) is 0 Å². The molecular formula is C9H17N. The summed E-state index contributed by atoms with van der Waals surface area (Å²) in [6.07, 6.45) is 7.64. The molecule has 0 fully saturated rings. The van der Waals surface area contributed by atoms with Crippen LogP contribution in [0.4, 0.5) is 0 Å². The van der Waals surface area contributed by atoms with Gasteiger partial charge in [0, 0.05) is 0 Å². The summed E-state index contributed by atoms with van der Waals surface area (Å²) in [5, 5.41) is 3.12. The minimum absolute atomic E-state index is 0.259. The highest BCUT2D eigenvalue weighted by Crippen LogP contribution is 2.11. The van der Waals surface area contributed by atoms with Crippen molar-refractivity contribution in [2.45, 2.75) is 32.7 Å². The van der Waals surface area contributed by atoms with Crippen molar-refractivity contribution in [3.05, 3.63) is 0 Å². The van der Waals surface area contributed by atoms with Crippen molar-refractivity contribution in [3.63, 3.8) is 0 Å². The summed E-state index contributed by atoms with van der Waals surface area (Å²) in [7, 11) is 1.92. The average molecular weight is 139 g/mol. The van der Waals surface area contributed by atoms with Crippen LogP contribution in [0.3, 0.4) is 0 Å². The maximum absolute atomic E-state index is 5.32. The molecule has 0 aromatic heterocycles.